The number of hydrogen-bond acceptors (Lipinski definition) is 4. The highest BCUT2D eigenvalue weighted by atomic mass is 16.5. The van der Waals surface area contributed by atoms with Gasteiger partial charge in [0.05, 0.1) is 26.8 Å². The Morgan fingerprint density at radius 2 is 1.88 bits per heavy atom. The molecule has 1 aromatic rings. The second-order valence-corrected chi connectivity index (χ2v) is 6.77. The maximum Gasteiger partial charge on any atom is 0.239 e. The third-order valence-electron chi connectivity index (χ3n) is 3.22. The first kappa shape index (κ1) is 21.6. The molecule has 3 N–H and O–H groups in total. The van der Waals surface area contributed by atoms with Gasteiger partial charge < -0.3 is 25.4 Å². The maximum absolute atomic E-state index is 11.9. The zero-order valence-corrected chi connectivity index (χ0v) is 16.7. The number of hydrogen-bond donors (Lipinski definition) is 3. The molecular weight excluding hydrogens is 332 g/mol. The molecule has 7 nitrogen and oxygen atoms in total. The van der Waals surface area contributed by atoms with Crippen molar-refractivity contribution in [2.75, 3.05) is 26.8 Å². The van der Waals surface area contributed by atoms with Gasteiger partial charge >= 0.3 is 0 Å². The molecule has 0 aliphatic rings. The number of nitrogens with one attached hydrogen (secondary N) is 3. The van der Waals surface area contributed by atoms with E-state index in [0.717, 1.165) is 5.56 Å². The first-order valence-corrected chi connectivity index (χ1v) is 8.92. The molecule has 1 aromatic carbocycles. The summed E-state index contributed by atoms with van der Waals surface area (Å²) in [6, 6.07) is 5.73. The van der Waals surface area contributed by atoms with E-state index in [1.54, 1.807) is 7.11 Å². The van der Waals surface area contributed by atoms with E-state index in [0.29, 0.717) is 37.2 Å². The summed E-state index contributed by atoms with van der Waals surface area (Å²) < 4.78 is 10.9. The quantitative estimate of drug-likeness (QED) is 0.486. The van der Waals surface area contributed by atoms with Crippen LogP contribution in [0.3, 0.4) is 0 Å². The minimum absolute atomic E-state index is 0.0776. The first-order chi connectivity index (χ1) is 12.3. The van der Waals surface area contributed by atoms with Crippen LogP contribution in [0.4, 0.5) is 0 Å². The minimum atomic E-state index is -0.257. The number of methoxy groups -OCH3 is 1. The summed E-state index contributed by atoms with van der Waals surface area (Å²) in [5, 5.41) is 9.09. The summed E-state index contributed by atoms with van der Waals surface area (Å²) >= 11 is 0. The maximum atomic E-state index is 11.9. The van der Waals surface area contributed by atoms with Crippen molar-refractivity contribution in [3.63, 3.8) is 0 Å². The lowest BCUT2D eigenvalue weighted by atomic mass is 10.1. The second-order valence-electron chi connectivity index (χ2n) is 6.77. The van der Waals surface area contributed by atoms with Crippen molar-refractivity contribution in [1.29, 1.82) is 0 Å². The number of rotatable bonds is 8. The van der Waals surface area contributed by atoms with Crippen LogP contribution in [0.2, 0.25) is 0 Å². The Labute approximate surface area is 156 Å². The van der Waals surface area contributed by atoms with Gasteiger partial charge in [-0.25, -0.2) is 4.99 Å². The van der Waals surface area contributed by atoms with Crippen LogP contribution in [0.5, 0.6) is 11.5 Å². The second kappa shape index (κ2) is 10.5. The van der Waals surface area contributed by atoms with E-state index in [1.807, 2.05) is 52.8 Å². The van der Waals surface area contributed by atoms with Gasteiger partial charge in [0.2, 0.25) is 5.91 Å². The Kier molecular flexibility index (Phi) is 8.75. The third kappa shape index (κ3) is 8.09. The predicted octanol–water partition coefficient (Wildman–Crippen LogP) is 2.06. The fourth-order valence-corrected chi connectivity index (χ4v) is 2.23. The van der Waals surface area contributed by atoms with E-state index in [-0.39, 0.29) is 18.0 Å². The Morgan fingerprint density at radius 3 is 2.46 bits per heavy atom. The van der Waals surface area contributed by atoms with Crippen molar-refractivity contribution in [2.24, 2.45) is 4.99 Å². The van der Waals surface area contributed by atoms with E-state index < -0.39 is 0 Å². The average Bonchev–Trinajstić information content (AvgIpc) is 2.56. The van der Waals surface area contributed by atoms with Gasteiger partial charge in [0.15, 0.2) is 17.5 Å². The summed E-state index contributed by atoms with van der Waals surface area (Å²) in [6.45, 7) is 11.6. The topological polar surface area (TPSA) is 84.0 Å². The average molecular weight is 364 g/mol. The summed E-state index contributed by atoms with van der Waals surface area (Å²) in [5.74, 6) is 1.91. The minimum Gasteiger partial charge on any atom is -0.493 e. The number of nitrogens with zero attached hydrogens (tertiary/aromatic N) is 1. The van der Waals surface area contributed by atoms with Gasteiger partial charge in [-0.3, -0.25) is 4.79 Å². The largest absolute Gasteiger partial charge is 0.493 e. The molecule has 0 fully saturated rings. The monoisotopic (exact) mass is 364 g/mol. The Bertz CT molecular complexity index is 609. The third-order valence-corrected chi connectivity index (χ3v) is 3.22. The van der Waals surface area contributed by atoms with Crippen molar-refractivity contribution < 1.29 is 14.3 Å². The number of guanidine groups is 1. The zero-order chi connectivity index (χ0) is 19.6. The number of ether oxygens (including phenoxy) is 2. The SMILES string of the molecule is CCNC(=NCc1ccc(OC)c(OCC)c1)NCC(=O)NC(C)(C)C. The molecule has 0 aromatic heterocycles. The summed E-state index contributed by atoms with van der Waals surface area (Å²) in [7, 11) is 1.62. The lowest BCUT2D eigenvalue weighted by Gasteiger charge is -2.21. The molecule has 0 unspecified atom stereocenters. The van der Waals surface area contributed by atoms with Gasteiger partial charge in [0.1, 0.15) is 0 Å². The number of amides is 1. The van der Waals surface area contributed by atoms with E-state index >= 15 is 0 Å². The number of carbonyl (C=O) groups is 1. The van der Waals surface area contributed by atoms with Crippen molar-refractivity contribution in [1.82, 2.24) is 16.0 Å². The van der Waals surface area contributed by atoms with Crippen LogP contribution >= 0.6 is 0 Å². The fourth-order valence-electron chi connectivity index (χ4n) is 2.23. The molecule has 1 amide bonds. The van der Waals surface area contributed by atoms with Gasteiger partial charge in [0.25, 0.3) is 0 Å². The van der Waals surface area contributed by atoms with Gasteiger partial charge in [0, 0.05) is 12.1 Å². The van der Waals surface area contributed by atoms with Crippen molar-refractivity contribution in [3.05, 3.63) is 23.8 Å². The molecule has 0 radical (unpaired) electrons. The number of aliphatic imine (C=N–C) groups is 1. The highest BCUT2D eigenvalue weighted by molar-refractivity contribution is 5.86. The van der Waals surface area contributed by atoms with Crippen molar-refractivity contribution in [3.8, 4) is 11.5 Å². The summed E-state index contributed by atoms with van der Waals surface area (Å²) in [4.78, 5) is 16.5. The Hall–Kier alpha value is -2.44. The highest BCUT2D eigenvalue weighted by Crippen LogP contribution is 2.28. The standard InChI is InChI=1S/C19H32N4O3/c1-7-20-18(22-13-17(24)23-19(3,4)5)21-12-14-9-10-15(25-6)16(11-14)26-8-2/h9-11H,7-8,12-13H2,1-6H3,(H,23,24)(H2,20,21,22). The molecular formula is C19H32N4O3. The molecule has 0 saturated heterocycles. The smallest absolute Gasteiger partial charge is 0.239 e. The van der Waals surface area contributed by atoms with Gasteiger partial charge in [-0.15, -0.1) is 0 Å². The summed E-state index contributed by atoms with van der Waals surface area (Å²) in [6.07, 6.45) is 0. The van der Waals surface area contributed by atoms with E-state index in [4.69, 9.17) is 9.47 Å². The van der Waals surface area contributed by atoms with Gasteiger partial charge in [-0.1, -0.05) is 6.07 Å². The fraction of sp³-hybridized carbons (Fsp3) is 0.579. The van der Waals surface area contributed by atoms with E-state index in [1.165, 1.54) is 0 Å². The molecule has 0 saturated carbocycles. The molecule has 146 valence electrons. The molecule has 7 heteroatoms. The van der Waals surface area contributed by atoms with Crippen LogP contribution < -0.4 is 25.4 Å². The molecule has 1 rings (SSSR count). The lowest BCUT2D eigenvalue weighted by molar-refractivity contribution is -0.121. The number of benzene rings is 1. The van der Waals surface area contributed by atoms with Crippen molar-refractivity contribution in [2.45, 2.75) is 46.7 Å². The van der Waals surface area contributed by atoms with Crippen LogP contribution in [-0.2, 0) is 11.3 Å². The molecule has 0 atom stereocenters. The van der Waals surface area contributed by atoms with Gasteiger partial charge in [-0.05, 0) is 52.3 Å². The molecule has 26 heavy (non-hydrogen) atoms. The van der Waals surface area contributed by atoms with Crippen LogP contribution in [0.15, 0.2) is 23.2 Å². The number of carbonyl (C=O) groups excluding carboxylic acids is 1. The normalized spacial score (nSPS) is 11.7. The zero-order valence-electron chi connectivity index (χ0n) is 16.7. The molecule has 0 aliphatic heterocycles. The van der Waals surface area contributed by atoms with Crippen LogP contribution in [0.1, 0.15) is 40.2 Å². The van der Waals surface area contributed by atoms with Crippen molar-refractivity contribution >= 4 is 11.9 Å². The predicted molar refractivity (Wildman–Crippen MR) is 105 cm³/mol. The first-order valence-electron chi connectivity index (χ1n) is 8.92. The highest BCUT2D eigenvalue weighted by Gasteiger charge is 2.13. The molecule has 0 spiro atoms. The molecule has 0 heterocycles. The van der Waals surface area contributed by atoms with Crippen LogP contribution in [-0.4, -0.2) is 44.2 Å². The Balaban J connectivity index is 2.74. The van der Waals surface area contributed by atoms with E-state index in [9.17, 15) is 4.79 Å². The van der Waals surface area contributed by atoms with Crippen LogP contribution in [0, 0.1) is 0 Å². The van der Waals surface area contributed by atoms with Crippen LogP contribution in [0.25, 0.3) is 0 Å². The molecule has 0 aliphatic carbocycles. The Morgan fingerprint density at radius 1 is 1.15 bits per heavy atom. The summed E-state index contributed by atoms with van der Waals surface area (Å²) in [5.41, 5.74) is 0.734. The molecule has 0 bridgehead atoms. The van der Waals surface area contributed by atoms with E-state index in [2.05, 4.69) is 20.9 Å². The lowest BCUT2D eigenvalue weighted by Crippen LogP contribution is -2.48. The van der Waals surface area contributed by atoms with Gasteiger partial charge in [-0.2, -0.15) is 0 Å².